The van der Waals surface area contributed by atoms with Gasteiger partial charge in [-0.3, -0.25) is 4.79 Å². The lowest BCUT2D eigenvalue weighted by molar-refractivity contribution is -0.114. The zero-order valence-corrected chi connectivity index (χ0v) is 11.9. The number of rotatable bonds is 1. The standard InChI is InChI=1S/C15H13ClN2O2/c1-8-14-12(5-6-17-15(14)18-9(2)19)11-4-3-10(16)7-13(11)20-8/h3-8H,1-2H3,(H,17,18,19). The Morgan fingerprint density at radius 2 is 2.15 bits per heavy atom. The van der Waals surface area contributed by atoms with Gasteiger partial charge in [0, 0.05) is 29.3 Å². The van der Waals surface area contributed by atoms with Crippen molar-refractivity contribution in [2.24, 2.45) is 0 Å². The fourth-order valence-electron chi connectivity index (χ4n) is 2.45. The molecule has 20 heavy (non-hydrogen) atoms. The van der Waals surface area contributed by atoms with Crippen molar-refractivity contribution in [2.75, 3.05) is 5.32 Å². The van der Waals surface area contributed by atoms with Gasteiger partial charge in [-0.1, -0.05) is 11.6 Å². The van der Waals surface area contributed by atoms with Crippen LogP contribution in [-0.2, 0) is 4.79 Å². The summed E-state index contributed by atoms with van der Waals surface area (Å²) in [6.07, 6.45) is 1.48. The quantitative estimate of drug-likeness (QED) is 0.868. The second-order valence-corrected chi connectivity index (χ2v) is 5.14. The maximum Gasteiger partial charge on any atom is 0.222 e. The van der Waals surface area contributed by atoms with E-state index in [0.717, 1.165) is 22.4 Å². The van der Waals surface area contributed by atoms with Crippen LogP contribution in [0.2, 0.25) is 5.02 Å². The normalized spacial score (nSPS) is 15.8. The smallest absolute Gasteiger partial charge is 0.222 e. The highest BCUT2D eigenvalue weighted by Crippen LogP contribution is 2.45. The minimum Gasteiger partial charge on any atom is -0.485 e. The van der Waals surface area contributed by atoms with Gasteiger partial charge in [-0.2, -0.15) is 0 Å². The average Bonchev–Trinajstić information content (AvgIpc) is 2.37. The van der Waals surface area contributed by atoms with E-state index in [1.165, 1.54) is 6.92 Å². The molecule has 0 aliphatic carbocycles. The van der Waals surface area contributed by atoms with Gasteiger partial charge in [0.2, 0.25) is 5.91 Å². The van der Waals surface area contributed by atoms with Gasteiger partial charge in [-0.05, 0) is 36.8 Å². The van der Waals surface area contributed by atoms with Crippen LogP contribution < -0.4 is 10.1 Å². The molecular formula is C15H13ClN2O2. The third-order valence-electron chi connectivity index (χ3n) is 3.23. The summed E-state index contributed by atoms with van der Waals surface area (Å²) in [5.41, 5.74) is 2.85. The minimum absolute atomic E-state index is 0.153. The number of hydrogen-bond donors (Lipinski definition) is 1. The molecular weight excluding hydrogens is 276 g/mol. The molecule has 1 aromatic heterocycles. The lowest BCUT2D eigenvalue weighted by atomic mass is 9.94. The van der Waals surface area contributed by atoms with Crippen LogP contribution in [0.3, 0.4) is 0 Å². The molecule has 5 heteroatoms. The summed E-state index contributed by atoms with van der Waals surface area (Å²) in [4.78, 5) is 15.5. The molecule has 3 rings (SSSR count). The van der Waals surface area contributed by atoms with Gasteiger partial charge >= 0.3 is 0 Å². The summed E-state index contributed by atoms with van der Waals surface area (Å²) >= 11 is 6.00. The maximum atomic E-state index is 11.3. The van der Waals surface area contributed by atoms with Gasteiger partial charge in [0.05, 0.1) is 0 Å². The van der Waals surface area contributed by atoms with Crippen molar-refractivity contribution in [3.05, 3.63) is 41.0 Å². The van der Waals surface area contributed by atoms with E-state index >= 15 is 0 Å². The minimum atomic E-state index is -0.202. The van der Waals surface area contributed by atoms with E-state index < -0.39 is 0 Å². The molecule has 1 aliphatic rings. The first-order valence-corrected chi connectivity index (χ1v) is 6.67. The Kier molecular flexibility index (Phi) is 3.10. The van der Waals surface area contributed by atoms with Crippen molar-refractivity contribution in [1.82, 2.24) is 4.98 Å². The van der Waals surface area contributed by atoms with E-state index in [9.17, 15) is 4.79 Å². The lowest BCUT2D eigenvalue weighted by Crippen LogP contribution is -2.17. The highest BCUT2D eigenvalue weighted by atomic mass is 35.5. The first-order chi connectivity index (χ1) is 9.56. The number of aromatic nitrogens is 1. The molecule has 2 heterocycles. The van der Waals surface area contributed by atoms with Crippen molar-refractivity contribution < 1.29 is 9.53 Å². The van der Waals surface area contributed by atoms with E-state index in [1.54, 1.807) is 12.3 Å². The summed E-state index contributed by atoms with van der Waals surface area (Å²) < 4.78 is 5.89. The number of halogens is 1. The Morgan fingerprint density at radius 3 is 2.90 bits per heavy atom. The molecule has 0 radical (unpaired) electrons. The van der Waals surface area contributed by atoms with E-state index in [0.29, 0.717) is 10.8 Å². The number of nitrogens with one attached hydrogen (secondary N) is 1. The van der Waals surface area contributed by atoms with Crippen LogP contribution >= 0.6 is 11.6 Å². The molecule has 102 valence electrons. The number of hydrogen-bond acceptors (Lipinski definition) is 3. The van der Waals surface area contributed by atoms with Gasteiger partial charge in [0.25, 0.3) is 0 Å². The molecule has 0 saturated heterocycles. The molecule has 0 bridgehead atoms. The van der Waals surface area contributed by atoms with Crippen molar-refractivity contribution in [1.29, 1.82) is 0 Å². The van der Waals surface area contributed by atoms with Crippen LogP contribution in [0.5, 0.6) is 5.75 Å². The molecule has 2 aromatic rings. The van der Waals surface area contributed by atoms with Gasteiger partial charge < -0.3 is 10.1 Å². The number of anilines is 1. The second-order valence-electron chi connectivity index (χ2n) is 4.70. The molecule has 1 amide bonds. The first-order valence-electron chi connectivity index (χ1n) is 6.29. The Morgan fingerprint density at radius 1 is 1.35 bits per heavy atom. The highest BCUT2D eigenvalue weighted by Gasteiger charge is 2.26. The van der Waals surface area contributed by atoms with Crippen molar-refractivity contribution >= 4 is 23.3 Å². The third kappa shape index (κ3) is 2.12. The number of ether oxygens (including phenoxy) is 1. The fourth-order valence-corrected chi connectivity index (χ4v) is 2.61. The van der Waals surface area contributed by atoms with Crippen LogP contribution in [0.25, 0.3) is 11.1 Å². The zero-order valence-electron chi connectivity index (χ0n) is 11.1. The molecule has 0 saturated carbocycles. The Balaban J connectivity index is 2.20. The van der Waals surface area contributed by atoms with Gasteiger partial charge in [0.1, 0.15) is 17.7 Å². The molecule has 4 nitrogen and oxygen atoms in total. The molecule has 1 aliphatic heterocycles. The van der Waals surface area contributed by atoms with Gasteiger partial charge in [0.15, 0.2) is 0 Å². The topological polar surface area (TPSA) is 51.2 Å². The third-order valence-corrected chi connectivity index (χ3v) is 3.46. The lowest BCUT2D eigenvalue weighted by Gasteiger charge is -2.27. The van der Waals surface area contributed by atoms with Crippen LogP contribution in [0.4, 0.5) is 5.82 Å². The average molecular weight is 289 g/mol. The zero-order chi connectivity index (χ0) is 14.3. The summed E-state index contributed by atoms with van der Waals surface area (Å²) in [5, 5.41) is 3.38. The number of amides is 1. The number of fused-ring (bicyclic) bond motifs is 3. The SMILES string of the molecule is CC(=O)Nc1nccc2c1C(C)Oc1cc(Cl)ccc1-2. The Hall–Kier alpha value is -2.07. The van der Waals surface area contributed by atoms with E-state index in [2.05, 4.69) is 10.3 Å². The number of pyridine rings is 1. The van der Waals surface area contributed by atoms with Crippen LogP contribution in [0, 0.1) is 0 Å². The van der Waals surface area contributed by atoms with E-state index in [4.69, 9.17) is 16.3 Å². The largest absolute Gasteiger partial charge is 0.485 e. The maximum absolute atomic E-state index is 11.3. The monoisotopic (exact) mass is 288 g/mol. The van der Waals surface area contributed by atoms with E-state index in [1.807, 2.05) is 25.1 Å². The summed E-state index contributed by atoms with van der Waals surface area (Å²) in [6, 6.07) is 7.46. The molecule has 0 fully saturated rings. The van der Waals surface area contributed by atoms with Crippen LogP contribution in [-0.4, -0.2) is 10.9 Å². The number of benzene rings is 1. The molecule has 0 spiro atoms. The van der Waals surface area contributed by atoms with Gasteiger partial charge in [-0.15, -0.1) is 0 Å². The van der Waals surface area contributed by atoms with Crippen LogP contribution in [0.1, 0.15) is 25.5 Å². The Labute approximate surface area is 121 Å². The number of carbonyl (C=O) groups is 1. The van der Waals surface area contributed by atoms with Gasteiger partial charge in [-0.25, -0.2) is 4.98 Å². The van der Waals surface area contributed by atoms with Crippen molar-refractivity contribution in [3.63, 3.8) is 0 Å². The first kappa shape index (κ1) is 12.9. The van der Waals surface area contributed by atoms with Crippen molar-refractivity contribution in [2.45, 2.75) is 20.0 Å². The highest BCUT2D eigenvalue weighted by molar-refractivity contribution is 6.30. The summed E-state index contributed by atoms with van der Waals surface area (Å²) in [6.45, 7) is 3.39. The summed E-state index contributed by atoms with van der Waals surface area (Å²) in [5.74, 6) is 1.14. The van der Waals surface area contributed by atoms with Crippen LogP contribution in [0.15, 0.2) is 30.5 Å². The predicted molar refractivity (Wildman–Crippen MR) is 78.0 cm³/mol. The Bertz CT molecular complexity index is 700. The fraction of sp³-hybridized carbons (Fsp3) is 0.200. The number of carbonyl (C=O) groups excluding carboxylic acids is 1. The van der Waals surface area contributed by atoms with Crippen molar-refractivity contribution in [3.8, 4) is 16.9 Å². The van der Waals surface area contributed by atoms with E-state index in [-0.39, 0.29) is 12.0 Å². The molecule has 1 atom stereocenters. The number of nitrogens with zero attached hydrogens (tertiary/aromatic N) is 1. The second kappa shape index (κ2) is 4.80. The predicted octanol–water partition coefficient (Wildman–Crippen LogP) is 3.81. The molecule has 1 unspecified atom stereocenters. The molecule has 1 aromatic carbocycles. The molecule has 1 N–H and O–H groups in total. The summed E-state index contributed by atoms with van der Waals surface area (Å²) in [7, 11) is 0.